The first kappa shape index (κ1) is 33.9. The van der Waals surface area contributed by atoms with Crippen LogP contribution in [0.5, 0.6) is 0 Å². The van der Waals surface area contributed by atoms with Crippen molar-refractivity contribution in [1.29, 1.82) is 0 Å². The zero-order chi connectivity index (χ0) is 29.2. The number of carbonyl (C=O) groups excluding carboxylic acids is 1. The van der Waals surface area contributed by atoms with E-state index in [2.05, 4.69) is 10.9 Å². The standard InChI is InChI=1S/C24H40N4O11/c1-4-6-34-8-10-36-12-13-37-11-9-35-7-5-28(3)24(33)39-21(18(30)15-29)20-16(2)17(27-23(25)26)14-19(38-20)22(31)32/h1,14,16-18,20-21,29-30H,5-13,15H2,2-3H3,(H,31,32)(H4,25,26,27)/t16-,17+,18+,20-,21+/m0/s1. The molecule has 0 aliphatic carbocycles. The number of hydrogen-bond donors (Lipinski definition) is 5. The topological polar surface area (TPSA) is 218 Å². The molecule has 0 spiro atoms. The van der Waals surface area contributed by atoms with Crippen molar-refractivity contribution in [2.75, 3.05) is 73.1 Å². The number of ether oxygens (including phenoxy) is 6. The molecule has 222 valence electrons. The van der Waals surface area contributed by atoms with Gasteiger partial charge in [-0.15, -0.1) is 6.42 Å². The fraction of sp³-hybridized carbons (Fsp3) is 0.708. The summed E-state index contributed by atoms with van der Waals surface area (Å²) in [4.78, 5) is 29.4. The van der Waals surface area contributed by atoms with Gasteiger partial charge in [0, 0.05) is 19.5 Å². The summed E-state index contributed by atoms with van der Waals surface area (Å²) in [7, 11) is 1.45. The average molecular weight is 561 g/mol. The fourth-order valence-corrected chi connectivity index (χ4v) is 3.37. The third-order valence-electron chi connectivity index (χ3n) is 5.46. The molecular weight excluding hydrogens is 520 g/mol. The molecule has 0 fully saturated rings. The molecule has 39 heavy (non-hydrogen) atoms. The minimum Gasteiger partial charge on any atom is -0.479 e. The van der Waals surface area contributed by atoms with Gasteiger partial charge in [0.2, 0.25) is 5.76 Å². The number of nitrogens with two attached hydrogens (primary N) is 2. The Morgan fingerprint density at radius 1 is 1.13 bits per heavy atom. The van der Waals surface area contributed by atoms with Crippen molar-refractivity contribution in [2.24, 2.45) is 22.4 Å². The van der Waals surface area contributed by atoms with Crippen LogP contribution in [0.2, 0.25) is 0 Å². The summed E-state index contributed by atoms with van der Waals surface area (Å²) >= 11 is 0. The van der Waals surface area contributed by atoms with Crippen molar-refractivity contribution < 1.29 is 53.3 Å². The third-order valence-corrected chi connectivity index (χ3v) is 5.46. The first-order valence-corrected chi connectivity index (χ1v) is 12.3. The van der Waals surface area contributed by atoms with Crippen LogP contribution in [0.15, 0.2) is 16.8 Å². The zero-order valence-corrected chi connectivity index (χ0v) is 22.3. The molecule has 0 aromatic heterocycles. The number of hydrogen-bond acceptors (Lipinski definition) is 11. The number of nitrogens with zero attached hydrogens (tertiary/aromatic N) is 2. The Morgan fingerprint density at radius 3 is 2.21 bits per heavy atom. The van der Waals surface area contributed by atoms with E-state index in [0.717, 1.165) is 0 Å². The third kappa shape index (κ3) is 13.0. The van der Waals surface area contributed by atoms with E-state index in [0.29, 0.717) is 33.0 Å². The number of guanidine groups is 1. The van der Waals surface area contributed by atoms with Gasteiger partial charge in [0.25, 0.3) is 0 Å². The Balaban J connectivity index is 2.51. The summed E-state index contributed by atoms with van der Waals surface area (Å²) in [5.74, 6) is -0.441. The Hall–Kier alpha value is -3.13. The number of terminal acetylenes is 1. The summed E-state index contributed by atoms with van der Waals surface area (Å²) in [5.41, 5.74) is 10.9. The smallest absolute Gasteiger partial charge is 0.410 e. The monoisotopic (exact) mass is 560 g/mol. The van der Waals surface area contributed by atoms with Gasteiger partial charge in [-0.1, -0.05) is 12.8 Å². The lowest BCUT2D eigenvalue weighted by atomic mass is 9.87. The summed E-state index contributed by atoms with van der Waals surface area (Å²) in [5, 5.41) is 29.3. The van der Waals surface area contributed by atoms with Gasteiger partial charge in [-0.3, -0.25) is 0 Å². The maximum absolute atomic E-state index is 12.7. The second-order valence-electron chi connectivity index (χ2n) is 8.44. The van der Waals surface area contributed by atoms with Crippen LogP contribution in [0.25, 0.3) is 0 Å². The molecule has 0 bridgehead atoms. The van der Waals surface area contributed by atoms with E-state index in [1.165, 1.54) is 18.0 Å². The number of likely N-dealkylation sites (N-methyl/N-ethyl adjacent to an activating group) is 1. The Bertz CT molecular complexity index is 844. The van der Waals surface area contributed by atoms with E-state index < -0.39 is 54.7 Å². The van der Waals surface area contributed by atoms with Crippen LogP contribution in [0, 0.1) is 18.3 Å². The van der Waals surface area contributed by atoms with Crippen molar-refractivity contribution in [3.8, 4) is 12.3 Å². The molecule has 7 N–H and O–H groups in total. The van der Waals surface area contributed by atoms with Crippen LogP contribution >= 0.6 is 0 Å². The van der Waals surface area contributed by atoms with E-state index in [1.54, 1.807) is 6.92 Å². The van der Waals surface area contributed by atoms with E-state index >= 15 is 0 Å². The highest BCUT2D eigenvalue weighted by molar-refractivity contribution is 5.85. The van der Waals surface area contributed by atoms with Crippen LogP contribution in [0.1, 0.15) is 6.92 Å². The lowest BCUT2D eigenvalue weighted by Crippen LogP contribution is -2.52. The predicted octanol–water partition coefficient (Wildman–Crippen LogP) is -1.88. The number of carboxylic acid groups (broad SMARTS) is 1. The van der Waals surface area contributed by atoms with Crippen molar-refractivity contribution in [3.05, 3.63) is 11.8 Å². The summed E-state index contributed by atoms with van der Waals surface area (Å²) in [6.07, 6.45) is 1.24. The summed E-state index contributed by atoms with van der Waals surface area (Å²) < 4.78 is 32.1. The van der Waals surface area contributed by atoms with Gasteiger partial charge in [-0.05, 0) is 6.08 Å². The number of amides is 1. The van der Waals surface area contributed by atoms with E-state index in [-0.39, 0.29) is 32.3 Å². The number of aliphatic carboxylic acids is 1. The largest absolute Gasteiger partial charge is 0.479 e. The van der Waals surface area contributed by atoms with Crippen molar-refractivity contribution in [3.63, 3.8) is 0 Å². The molecule has 0 radical (unpaired) electrons. The lowest BCUT2D eigenvalue weighted by molar-refractivity contribution is -0.147. The van der Waals surface area contributed by atoms with Crippen LogP contribution in [-0.4, -0.2) is 136 Å². The van der Waals surface area contributed by atoms with Crippen LogP contribution in [0.3, 0.4) is 0 Å². The second kappa shape index (κ2) is 19.0. The van der Waals surface area contributed by atoms with Gasteiger partial charge in [0.15, 0.2) is 12.1 Å². The Morgan fingerprint density at radius 2 is 1.69 bits per heavy atom. The lowest BCUT2D eigenvalue weighted by Gasteiger charge is -2.38. The highest BCUT2D eigenvalue weighted by Crippen LogP contribution is 2.30. The molecule has 1 aliphatic rings. The number of carboxylic acids is 1. The van der Waals surface area contributed by atoms with Crippen molar-refractivity contribution >= 4 is 18.0 Å². The maximum Gasteiger partial charge on any atom is 0.410 e. The average Bonchev–Trinajstić information content (AvgIpc) is 2.90. The van der Waals surface area contributed by atoms with Crippen LogP contribution < -0.4 is 11.5 Å². The van der Waals surface area contributed by atoms with Gasteiger partial charge in [-0.25, -0.2) is 14.6 Å². The zero-order valence-electron chi connectivity index (χ0n) is 22.3. The van der Waals surface area contributed by atoms with Crippen molar-refractivity contribution in [1.82, 2.24) is 4.90 Å². The molecular formula is C24H40N4O11. The van der Waals surface area contributed by atoms with Gasteiger partial charge >= 0.3 is 12.1 Å². The minimum absolute atomic E-state index is 0.138. The highest BCUT2D eigenvalue weighted by Gasteiger charge is 2.44. The molecule has 1 amide bonds. The van der Waals surface area contributed by atoms with E-state index in [1.807, 2.05) is 0 Å². The molecule has 0 aromatic rings. The summed E-state index contributed by atoms with van der Waals surface area (Å²) in [6.45, 7) is 3.61. The Kier molecular flexibility index (Phi) is 16.5. The van der Waals surface area contributed by atoms with Gasteiger partial charge in [0.1, 0.15) is 18.8 Å². The van der Waals surface area contributed by atoms with E-state index in [9.17, 15) is 24.9 Å². The van der Waals surface area contributed by atoms with Gasteiger partial charge < -0.3 is 60.1 Å². The highest BCUT2D eigenvalue weighted by atomic mass is 16.6. The van der Waals surface area contributed by atoms with Gasteiger partial charge in [0.05, 0.1) is 58.9 Å². The number of rotatable bonds is 19. The van der Waals surface area contributed by atoms with Crippen molar-refractivity contribution in [2.45, 2.75) is 31.3 Å². The second-order valence-corrected chi connectivity index (χ2v) is 8.44. The minimum atomic E-state index is -1.57. The Labute approximate surface area is 227 Å². The molecule has 15 heteroatoms. The molecule has 0 unspecified atom stereocenters. The molecule has 1 aliphatic heterocycles. The quantitative estimate of drug-likeness (QED) is 0.0506. The molecule has 15 nitrogen and oxygen atoms in total. The normalized spacial score (nSPS) is 20.1. The first-order valence-electron chi connectivity index (χ1n) is 12.3. The molecule has 0 saturated heterocycles. The predicted molar refractivity (Wildman–Crippen MR) is 137 cm³/mol. The number of aliphatic hydroxyl groups is 2. The number of aliphatic hydroxyl groups excluding tert-OH is 2. The number of aliphatic imine (C=N–C) groups is 1. The summed E-state index contributed by atoms with van der Waals surface area (Å²) in [6, 6.07) is -0.834. The molecule has 1 heterocycles. The van der Waals surface area contributed by atoms with E-state index in [4.69, 9.17) is 46.3 Å². The first-order chi connectivity index (χ1) is 18.6. The van der Waals surface area contributed by atoms with Crippen LogP contribution in [-0.2, 0) is 33.2 Å². The van der Waals surface area contributed by atoms with Crippen LogP contribution in [0.4, 0.5) is 4.79 Å². The number of carbonyl (C=O) groups is 2. The molecule has 0 saturated carbocycles. The molecule has 0 aromatic carbocycles. The molecule has 5 atom stereocenters. The SMILES string of the molecule is C#CCOCCOCCOCCOCCN(C)C(=O)O[C@@H]([C@H]1OC(C(=O)O)=C[C@@H](N=C(N)N)[C@@H]1C)[C@H](O)CO. The van der Waals surface area contributed by atoms with Gasteiger partial charge in [-0.2, -0.15) is 0 Å². The fourth-order valence-electron chi connectivity index (χ4n) is 3.37. The maximum atomic E-state index is 12.7. The molecule has 1 rings (SSSR count).